The van der Waals surface area contributed by atoms with Gasteiger partial charge in [0.25, 0.3) is 10.0 Å². The van der Waals surface area contributed by atoms with Crippen LogP contribution in [-0.2, 0) is 19.6 Å². The molecular formula is C18H17NO5S. The zero-order chi connectivity index (χ0) is 18.2. The maximum absolute atomic E-state index is 12.7. The molecule has 130 valence electrons. The number of rotatable bonds is 3. The molecule has 0 radical (unpaired) electrons. The molecule has 0 amide bonds. The van der Waals surface area contributed by atoms with E-state index in [-0.39, 0.29) is 16.2 Å². The molecule has 0 saturated carbocycles. The van der Waals surface area contributed by atoms with Crippen molar-refractivity contribution in [1.82, 2.24) is 4.31 Å². The fraction of sp³-hybridized carbons (Fsp3) is 0.167. The monoisotopic (exact) mass is 359 g/mol. The minimum atomic E-state index is -3.74. The highest BCUT2D eigenvalue weighted by atomic mass is 32.2. The van der Waals surface area contributed by atoms with Gasteiger partial charge in [-0.1, -0.05) is 30.3 Å². The molecule has 6 nitrogen and oxygen atoms in total. The SMILES string of the molecule is COC(=O)/C(=C1\c2cc(OC)ccc2S(=O)(=O)N1C)c1ccccc1. The van der Waals surface area contributed by atoms with Crippen LogP contribution in [0.25, 0.3) is 11.3 Å². The van der Waals surface area contributed by atoms with Crippen molar-refractivity contribution >= 4 is 27.3 Å². The van der Waals surface area contributed by atoms with Crippen LogP contribution in [0.15, 0.2) is 53.4 Å². The molecule has 0 N–H and O–H groups in total. The molecule has 0 atom stereocenters. The Hall–Kier alpha value is -2.80. The predicted molar refractivity (Wildman–Crippen MR) is 93.2 cm³/mol. The number of hydrogen-bond donors (Lipinski definition) is 0. The predicted octanol–water partition coefficient (Wildman–Crippen LogP) is 2.37. The lowest BCUT2D eigenvalue weighted by Crippen LogP contribution is -2.21. The van der Waals surface area contributed by atoms with E-state index in [0.717, 1.165) is 4.31 Å². The summed E-state index contributed by atoms with van der Waals surface area (Å²) in [6, 6.07) is 13.5. The number of ether oxygens (including phenoxy) is 2. The molecule has 0 aliphatic carbocycles. The highest BCUT2D eigenvalue weighted by molar-refractivity contribution is 7.90. The van der Waals surface area contributed by atoms with Crippen molar-refractivity contribution in [2.75, 3.05) is 21.3 Å². The van der Waals surface area contributed by atoms with E-state index in [2.05, 4.69) is 0 Å². The molecule has 1 heterocycles. The van der Waals surface area contributed by atoms with Crippen LogP contribution in [0, 0.1) is 0 Å². The minimum absolute atomic E-state index is 0.128. The topological polar surface area (TPSA) is 72.9 Å². The maximum atomic E-state index is 12.7. The van der Waals surface area contributed by atoms with Crippen molar-refractivity contribution < 1.29 is 22.7 Å². The van der Waals surface area contributed by atoms with Gasteiger partial charge in [0.05, 0.1) is 30.4 Å². The van der Waals surface area contributed by atoms with E-state index in [1.807, 2.05) is 6.07 Å². The van der Waals surface area contributed by atoms with Gasteiger partial charge in [0.1, 0.15) is 5.75 Å². The molecule has 0 aromatic heterocycles. The van der Waals surface area contributed by atoms with Crippen LogP contribution in [0.1, 0.15) is 11.1 Å². The van der Waals surface area contributed by atoms with Gasteiger partial charge in [-0.2, -0.15) is 0 Å². The average Bonchev–Trinajstić information content (AvgIpc) is 2.83. The van der Waals surface area contributed by atoms with E-state index >= 15 is 0 Å². The van der Waals surface area contributed by atoms with Crippen LogP contribution in [0.5, 0.6) is 5.75 Å². The van der Waals surface area contributed by atoms with E-state index in [1.165, 1.54) is 27.3 Å². The molecule has 2 aromatic carbocycles. The largest absolute Gasteiger partial charge is 0.497 e. The molecule has 1 aliphatic rings. The second kappa shape index (κ2) is 6.25. The molecule has 0 fully saturated rings. The number of carbonyl (C=O) groups excluding carboxylic acids is 1. The Morgan fingerprint density at radius 1 is 1.04 bits per heavy atom. The van der Waals surface area contributed by atoms with Gasteiger partial charge in [-0.15, -0.1) is 0 Å². The van der Waals surface area contributed by atoms with Gasteiger partial charge in [0.2, 0.25) is 0 Å². The molecule has 7 heteroatoms. The van der Waals surface area contributed by atoms with E-state index in [0.29, 0.717) is 16.9 Å². The summed E-state index contributed by atoms with van der Waals surface area (Å²) >= 11 is 0. The first-order valence-electron chi connectivity index (χ1n) is 7.47. The first kappa shape index (κ1) is 17.0. The van der Waals surface area contributed by atoms with Gasteiger partial charge in [-0.3, -0.25) is 4.31 Å². The molecule has 25 heavy (non-hydrogen) atoms. The summed E-state index contributed by atoms with van der Waals surface area (Å²) in [6.45, 7) is 0. The number of esters is 1. The van der Waals surface area contributed by atoms with Gasteiger partial charge in [-0.05, 0) is 23.8 Å². The van der Waals surface area contributed by atoms with Crippen LogP contribution >= 0.6 is 0 Å². The number of benzene rings is 2. The molecule has 0 saturated heterocycles. The number of nitrogens with zero attached hydrogens (tertiary/aromatic N) is 1. The molecule has 0 bridgehead atoms. The highest BCUT2D eigenvalue weighted by Crippen LogP contribution is 2.43. The number of carbonyl (C=O) groups is 1. The maximum Gasteiger partial charge on any atom is 0.340 e. The molecule has 0 unspecified atom stereocenters. The number of methoxy groups -OCH3 is 2. The summed E-state index contributed by atoms with van der Waals surface area (Å²) in [5.41, 5.74) is 1.43. The third kappa shape index (κ3) is 2.66. The second-order valence-electron chi connectivity index (χ2n) is 5.42. The first-order chi connectivity index (χ1) is 11.9. The van der Waals surface area contributed by atoms with Crippen molar-refractivity contribution in [2.24, 2.45) is 0 Å². The number of fused-ring (bicyclic) bond motifs is 1. The lowest BCUT2D eigenvalue weighted by atomic mass is 9.99. The standard InChI is InChI=1S/C18H17NO5S/c1-19-17(16(18(20)24-3)12-7-5-4-6-8-12)14-11-13(23-2)9-10-15(14)25(19,21)22/h4-11H,1-3H3/b17-16+. The number of hydrogen-bond acceptors (Lipinski definition) is 5. The third-order valence-corrected chi connectivity index (χ3v) is 5.90. The van der Waals surface area contributed by atoms with Crippen molar-refractivity contribution in [3.63, 3.8) is 0 Å². The van der Waals surface area contributed by atoms with Crippen LogP contribution < -0.4 is 4.74 Å². The van der Waals surface area contributed by atoms with Crippen molar-refractivity contribution in [1.29, 1.82) is 0 Å². The van der Waals surface area contributed by atoms with Crippen LogP contribution in [0.3, 0.4) is 0 Å². The fourth-order valence-corrected chi connectivity index (χ4v) is 4.23. The first-order valence-corrected chi connectivity index (χ1v) is 8.91. The summed E-state index contributed by atoms with van der Waals surface area (Å²) < 4.78 is 36.7. The van der Waals surface area contributed by atoms with E-state index in [9.17, 15) is 13.2 Å². The number of sulfonamides is 1. The van der Waals surface area contributed by atoms with Crippen LogP contribution in [0.4, 0.5) is 0 Å². The van der Waals surface area contributed by atoms with Crippen molar-refractivity contribution in [3.05, 3.63) is 59.7 Å². The van der Waals surface area contributed by atoms with Gasteiger partial charge in [-0.25, -0.2) is 13.2 Å². The Morgan fingerprint density at radius 3 is 2.32 bits per heavy atom. The zero-order valence-corrected chi connectivity index (χ0v) is 14.8. The van der Waals surface area contributed by atoms with E-state index in [4.69, 9.17) is 9.47 Å². The fourth-order valence-electron chi connectivity index (χ4n) is 2.83. The molecule has 2 aromatic rings. The summed E-state index contributed by atoms with van der Waals surface area (Å²) in [7, 11) is 0.441. The Bertz CT molecular complexity index is 964. The second-order valence-corrected chi connectivity index (χ2v) is 7.35. The lowest BCUT2D eigenvalue weighted by Gasteiger charge is -2.17. The van der Waals surface area contributed by atoms with Gasteiger partial charge >= 0.3 is 5.97 Å². The van der Waals surface area contributed by atoms with E-state index in [1.54, 1.807) is 36.4 Å². The third-order valence-electron chi connectivity index (χ3n) is 4.08. The van der Waals surface area contributed by atoms with Crippen LogP contribution in [-0.4, -0.2) is 40.0 Å². The Kier molecular flexibility index (Phi) is 4.26. The minimum Gasteiger partial charge on any atom is -0.497 e. The zero-order valence-electron chi connectivity index (χ0n) is 14.0. The van der Waals surface area contributed by atoms with E-state index < -0.39 is 16.0 Å². The van der Waals surface area contributed by atoms with Crippen molar-refractivity contribution in [2.45, 2.75) is 4.90 Å². The summed E-state index contributed by atoms with van der Waals surface area (Å²) in [5, 5.41) is 0. The summed E-state index contributed by atoms with van der Waals surface area (Å²) in [4.78, 5) is 12.6. The quantitative estimate of drug-likeness (QED) is 0.621. The molecule has 0 spiro atoms. The van der Waals surface area contributed by atoms with Gasteiger partial charge in [0, 0.05) is 12.6 Å². The van der Waals surface area contributed by atoms with Gasteiger partial charge in [0.15, 0.2) is 0 Å². The Morgan fingerprint density at radius 2 is 1.72 bits per heavy atom. The van der Waals surface area contributed by atoms with Gasteiger partial charge < -0.3 is 9.47 Å². The van der Waals surface area contributed by atoms with Crippen molar-refractivity contribution in [3.8, 4) is 5.75 Å². The lowest BCUT2D eigenvalue weighted by molar-refractivity contribution is -0.133. The smallest absolute Gasteiger partial charge is 0.340 e. The normalized spacial score (nSPS) is 17.0. The van der Waals surface area contributed by atoms with Crippen LogP contribution in [0.2, 0.25) is 0 Å². The summed E-state index contributed by atoms with van der Waals surface area (Å²) in [5.74, 6) is -0.113. The molecular weight excluding hydrogens is 342 g/mol. The highest BCUT2D eigenvalue weighted by Gasteiger charge is 2.39. The average molecular weight is 359 g/mol. The molecule has 3 rings (SSSR count). The summed E-state index contributed by atoms with van der Waals surface area (Å²) in [6.07, 6.45) is 0. The Balaban J connectivity index is 2.41. The molecule has 1 aliphatic heterocycles. The Labute approximate surface area is 146 Å².